The van der Waals surface area contributed by atoms with Gasteiger partial charge in [-0.05, 0) is 25.0 Å². The molecule has 1 N–H and O–H groups in total. The highest BCUT2D eigenvalue weighted by atomic mass is 16.5. The maximum Gasteiger partial charge on any atom is 0.194 e. The van der Waals surface area contributed by atoms with Crippen molar-refractivity contribution in [3.05, 3.63) is 47.5 Å². The number of rotatable bonds is 6. The summed E-state index contributed by atoms with van der Waals surface area (Å²) in [4.78, 5) is 7.14. The number of nitrogens with one attached hydrogen (secondary N) is 1. The van der Waals surface area contributed by atoms with Crippen molar-refractivity contribution in [3.8, 4) is 0 Å². The van der Waals surface area contributed by atoms with E-state index >= 15 is 0 Å². The Kier molecular flexibility index (Phi) is 6.81. The molecule has 27 heavy (non-hydrogen) atoms. The van der Waals surface area contributed by atoms with Crippen molar-refractivity contribution in [2.75, 3.05) is 32.8 Å². The van der Waals surface area contributed by atoms with Gasteiger partial charge in [0.2, 0.25) is 0 Å². The van der Waals surface area contributed by atoms with Crippen molar-refractivity contribution >= 4 is 5.96 Å². The Bertz CT molecular complexity index is 756. The molecule has 146 valence electrons. The maximum absolute atomic E-state index is 6.05. The minimum atomic E-state index is 0.0772. The van der Waals surface area contributed by atoms with Gasteiger partial charge in [0.05, 0.1) is 19.7 Å². The summed E-state index contributed by atoms with van der Waals surface area (Å²) < 4.78 is 8.12. The molecule has 1 atom stereocenters. The van der Waals surface area contributed by atoms with Gasteiger partial charge in [0, 0.05) is 26.1 Å². The maximum atomic E-state index is 6.05. The second kappa shape index (κ2) is 9.50. The van der Waals surface area contributed by atoms with Gasteiger partial charge < -0.3 is 19.5 Å². The molecule has 1 aromatic heterocycles. The van der Waals surface area contributed by atoms with Crippen molar-refractivity contribution < 1.29 is 4.74 Å². The summed E-state index contributed by atoms with van der Waals surface area (Å²) in [6.07, 6.45) is 2.74. The number of aromatic nitrogens is 3. The molecule has 2 aromatic rings. The van der Waals surface area contributed by atoms with Gasteiger partial charge in [-0.3, -0.25) is 4.99 Å². The quantitative estimate of drug-likeness (QED) is 0.624. The molecule has 2 heterocycles. The molecule has 0 spiro atoms. The Morgan fingerprint density at radius 2 is 2.19 bits per heavy atom. The lowest BCUT2D eigenvalue weighted by Crippen LogP contribution is -2.48. The molecule has 1 aliphatic rings. The topological polar surface area (TPSA) is 67.6 Å². The van der Waals surface area contributed by atoms with Crippen molar-refractivity contribution in [1.29, 1.82) is 0 Å². The zero-order chi connectivity index (χ0) is 19.1. The van der Waals surface area contributed by atoms with Crippen molar-refractivity contribution in [2.45, 2.75) is 39.8 Å². The second-order valence-electron chi connectivity index (χ2n) is 6.69. The summed E-state index contributed by atoms with van der Waals surface area (Å²) in [5.41, 5.74) is 2.53. The fourth-order valence-electron chi connectivity index (χ4n) is 3.41. The van der Waals surface area contributed by atoms with E-state index in [0.717, 1.165) is 44.4 Å². The zero-order valence-electron chi connectivity index (χ0n) is 16.6. The van der Waals surface area contributed by atoms with Gasteiger partial charge in [0.25, 0.3) is 0 Å². The average molecular weight is 371 g/mol. The van der Waals surface area contributed by atoms with E-state index in [4.69, 9.17) is 9.73 Å². The molecule has 1 saturated heterocycles. The van der Waals surface area contributed by atoms with E-state index in [9.17, 15) is 0 Å². The molecule has 0 saturated carbocycles. The van der Waals surface area contributed by atoms with Crippen LogP contribution in [-0.2, 0) is 17.7 Å². The first-order valence-corrected chi connectivity index (χ1v) is 9.80. The van der Waals surface area contributed by atoms with E-state index in [1.54, 1.807) is 6.33 Å². The molecule has 0 bridgehead atoms. The summed E-state index contributed by atoms with van der Waals surface area (Å²) in [7, 11) is 0. The van der Waals surface area contributed by atoms with Crippen molar-refractivity contribution in [3.63, 3.8) is 0 Å². The van der Waals surface area contributed by atoms with Crippen LogP contribution in [-0.4, -0.2) is 58.4 Å². The first-order chi connectivity index (χ1) is 13.2. The van der Waals surface area contributed by atoms with Gasteiger partial charge in [-0.15, -0.1) is 10.2 Å². The summed E-state index contributed by atoms with van der Waals surface area (Å²) in [5.74, 6) is 1.95. The number of ether oxygens (including phenoxy) is 1. The van der Waals surface area contributed by atoms with Crippen molar-refractivity contribution in [1.82, 2.24) is 25.0 Å². The number of aryl methyl sites for hydroxylation is 2. The fraction of sp³-hybridized carbons (Fsp3) is 0.550. The van der Waals surface area contributed by atoms with E-state index in [1.807, 2.05) is 0 Å². The minimum absolute atomic E-state index is 0.0772. The van der Waals surface area contributed by atoms with Crippen LogP contribution >= 0.6 is 0 Å². The summed E-state index contributed by atoms with van der Waals surface area (Å²) in [6, 6.07) is 8.45. The largest absolute Gasteiger partial charge is 0.370 e. The Labute approximate surface area is 161 Å². The summed E-state index contributed by atoms with van der Waals surface area (Å²) in [6.45, 7) is 11.0. The normalized spacial score (nSPS) is 18.0. The van der Waals surface area contributed by atoms with Gasteiger partial charge in [0.1, 0.15) is 18.3 Å². The molecule has 1 unspecified atom stereocenters. The number of hydrogen-bond donors (Lipinski definition) is 1. The number of benzene rings is 1. The molecule has 0 radical (unpaired) electrons. The summed E-state index contributed by atoms with van der Waals surface area (Å²) >= 11 is 0. The predicted octanol–water partition coefficient (Wildman–Crippen LogP) is 2.19. The highest BCUT2D eigenvalue weighted by Crippen LogP contribution is 2.24. The molecular weight excluding hydrogens is 340 g/mol. The molecule has 1 aliphatic heterocycles. The molecule has 7 heteroatoms. The molecule has 0 aliphatic carbocycles. The van der Waals surface area contributed by atoms with E-state index in [0.29, 0.717) is 13.2 Å². The Hall–Kier alpha value is -2.41. The van der Waals surface area contributed by atoms with Gasteiger partial charge >= 0.3 is 0 Å². The number of nitrogens with zero attached hydrogens (tertiary/aromatic N) is 5. The molecular formula is C20H30N6O. The standard InChI is InChI=1S/C20H30N6O/c1-4-19-24-23-15-26(19)11-10-22-20(21-5-2)25-12-13-27-18(14-25)17-9-7-6-8-16(17)3/h6-9,15,18H,4-5,10-14H2,1-3H3,(H,21,22). The van der Waals surface area contributed by atoms with Crippen LogP contribution in [0.25, 0.3) is 0 Å². The first-order valence-electron chi connectivity index (χ1n) is 9.80. The van der Waals surface area contributed by atoms with Crippen LogP contribution in [0, 0.1) is 6.92 Å². The molecule has 3 rings (SSSR count). The van der Waals surface area contributed by atoms with E-state index in [-0.39, 0.29) is 6.10 Å². The van der Waals surface area contributed by atoms with E-state index in [2.05, 4.69) is 70.0 Å². The lowest BCUT2D eigenvalue weighted by molar-refractivity contribution is -0.00833. The molecule has 7 nitrogen and oxygen atoms in total. The highest BCUT2D eigenvalue weighted by molar-refractivity contribution is 5.80. The van der Waals surface area contributed by atoms with Crippen LogP contribution in [0.15, 0.2) is 35.6 Å². The van der Waals surface area contributed by atoms with Gasteiger partial charge in [-0.2, -0.15) is 0 Å². The Morgan fingerprint density at radius 1 is 1.33 bits per heavy atom. The zero-order valence-corrected chi connectivity index (χ0v) is 16.6. The van der Waals surface area contributed by atoms with E-state index < -0.39 is 0 Å². The third-order valence-electron chi connectivity index (χ3n) is 4.85. The molecule has 1 aromatic carbocycles. The van der Waals surface area contributed by atoms with Gasteiger partial charge in [-0.1, -0.05) is 31.2 Å². The number of guanidine groups is 1. The minimum Gasteiger partial charge on any atom is -0.370 e. The third-order valence-corrected chi connectivity index (χ3v) is 4.85. The van der Waals surface area contributed by atoms with Gasteiger partial charge in [0.15, 0.2) is 5.96 Å². The van der Waals surface area contributed by atoms with E-state index in [1.165, 1.54) is 11.1 Å². The lowest BCUT2D eigenvalue weighted by atomic mass is 10.0. The molecule has 1 fully saturated rings. The van der Waals surface area contributed by atoms with Crippen molar-refractivity contribution in [2.24, 2.45) is 4.99 Å². The van der Waals surface area contributed by atoms with Gasteiger partial charge in [-0.25, -0.2) is 0 Å². The highest BCUT2D eigenvalue weighted by Gasteiger charge is 2.25. The van der Waals surface area contributed by atoms with Crippen LogP contribution < -0.4 is 5.32 Å². The van der Waals surface area contributed by atoms with Crippen LogP contribution in [0.5, 0.6) is 0 Å². The predicted molar refractivity (Wildman–Crippen MR) is 107 cm³/mol. The number of morpholine rings is 1. The van der Waals surface area contributed by atoms with Crippen LogP contribution in [0.2, 0.25) is 0 Å². The number of hydrogen-bond acceptors (Lipinski definition) is 4. The Balaban J connectivity index is 1.67. The number of aliphatic imine (C=N–C) groups is 1. The Morgan fingerprint density at radius 3 is 2.96 bits per heavy atom. The van der Waals surface area contributed by atoms with Crippen LogP contribution in [0.1, 0.15) is 36.9 Å². The third kappa shape index (κ3) is 4.86. The second-order valence-corrected chi connectivity index (χ2v) is 6.69. The first kappa shape index (κ1) is 19.4. The van der Waals surface area contributed by atoms with Crippen LogP contribution in [0.4, 0.5) is 0 Å². The van der Waals surface area contributed by atoms with Crippen LogP contribution in [0.3, 0.4) is 0 Å². The lowest BCUT2D eigenvalue weighted by Gasteiger charge is -2.35. The fourth-order valence-corrected chi connectivity index (χ4v) is 3.41. The average Bonchev–Trinajstić information content (AvgIpc) is 3.15. The SMILES string of the molecule is CCNC(=NCCn1cnnc1CC)N1CCOC(c2ccccc2C)C1. The monoisotopic (exact) mass is 370 g/mol. The summed E-state index contributed by atoms with van der Waals surface area (Å²) in [5, 5.41) is 11.6. The molecule has 0 amide bonds. The smallest absolute Gasteiger partial charge is 0.194 e.